The monoisotopic (exact) mass is 510 g/mol. The molecule has 0 radical (unpaired) electrons. The third kappa shape index (κ3) is 4.91. The van der Waals surface area contributed by atoms with Gasteiger partial charge in [0.05, 0.1) is 19.2 Å². The Morgan fingerprint density at radius 1 is 1.22 bits per heavy atom. The molecular weight excluding hydrogens is 467 g/mol. The lowest BCUT2D eigenvalue weighted by Crippen LogP contribution is -2.37. The van der Waals surface area contributed by atoms with Crippen molar-refractivity contribution in [3.8, 4) is 0 Å². The number of aromatic nitrogens is 2. The summed E-state index contributed by atoms with van der Waals surface area (Å²) in [6.07, 6.45) is 4.27. The zero-order valence-electron chi connectivity index (χ0n) is 22.9. The van der Waals surface area contributed by atoms with Gasteiger partial charge in [-0.15, -0.1) is 7.55 Å². The minimum absolute atomic E-state index is 0.145. The SMILES string of the molecule is CC(=O)N1CCc2c(c(N3CC(C/[PH](C)=C(\C)C(C)(C)C)Cc4ccccc43)nn2[C@H]2CCOC2)C1. The first kappa shape index (κ1) is 25.6. The van der Waals surface area contributed by atoms with E-state index in [-0.39, 0.29) is 11.3 Å². The molecular formula is C29H43N4O2P. The van der Waals surface area contributed by atoms with Crippen molar-refractivity contribution in [1.29, 1.82) is 0 Å². The van der Waals surface area contributed by atoms with E-state index in [4.69, 9.17) is 9.84 Å². The Kier molecular flexibility index (Phi) is 7.13. The molecule has 1 aromatic carbocycles. The highest BCUT2D eigenvalue weighted by molar-refractivity contribution is 7.58. The Balaban J connectivity index is 1.55. The van der Waals surface area contributed by atoms with Crippen LogP contribution in [0.25, 0.3) is 0 Å². The molecule has 0 spiro atoms. The highest BCUT2D eigenvalue weighted by Crippen LogP contribution is 2.42. The number of benzene rings is 1. The summed E-state index contributed by atoms with van der Waals surface area (Å²) in [4.78, 5) is 16.8. The molecule has 0 N–H and O–H groups in total. The van der Waals surface area contributed by atoms with Crippen molar-refractivity contribution in [1.82, 2.24) is 14.7 Å². The molecule has 0 saturated carbocycles. The second-order valence-corrected chi connectivity index (χ2v) is 14.8. The lowest BCUT2D eigenvalue weighted by molar-refractivity contribution is -0.129. The quantitative estimate of drug-likeness (QED) is 0.535. The van der Waals surface area contributed by atoms with Crippen molar-refractivity contribution < 1.29 is 9.53 Å². The van der Waals surface area contributed by atoms with Crippen LogP contribution in [0, 0.1) is 11.3 Å². The summed E-state index contributed by atoms with van der Waals surface area (Å²) in [5.41, 5.74) is 5.51. The summed E-state index contributed by atoms with van der Waals surface area (Å²) in [7, 11) is -0.579. The van der Waals surface area contributed by atoms with Gasteiger partial charge in [0, 0.05) is 50.0 Å². The molecule has 7 heteroatoms. The zero-order valence-corrected chi connectivity index (χ0v) is 23.9. The maximum atomic E-state index is 12.3. The molecule has 3 aliphatic rings. The van der Waals surface area contributed by atoms with E-state index in [1.807, 2.05) is 4.90 Å². The van der Waals surface area contributed by atoms with E-state index < -0.39 is 7.55 Å². The number of hydrogen-bond acceptors (Lipinski definition) is 4. The standard InChI is InChI=1S/C29H43N4O2P/c1-20(29(3,4)5)36(6)19-22-15-23-9-7-8-10-26(23)32(16-22)28-25-17-31(21(2)34)13-11-27(25)33(30-28)24-12-14-35-18-24/h7-10,22,24,36H,11-19H2,1-6H3/t22?,24-/m0/s1. The van der Waals surface area contributed by atoms with E-state index in [2.05, 4.69) is 68.2 Å². The molecule has 196 valence electrons. The second-order valence-electron chi connectivity index (χ2n) is 12.1. The highest BCUT2D eigenvalue weighted by atomic mass is 31.1. The zero-order chi connectivity index (χ0) is 25.6. The Bertz CT molecular complexity index is 1170. The predicted molar refractivity (Wildman–Crippen MR) is 151 cm³/mol. The van der Waals surface area contributed by atoms with Crippen molar-refractivity contribution in [2.75, 3.05) is 44.0 Å². The van der Waals surface area contributed by atoms with Crippen molar-refractivity contribution in [3.05, 3.63) is 41.1 Å². The number of rotatable bonds is 4. The normalized spacial score (nSPS) is 23.3. The lowest BCUT2D eigenvalue weighted by atomic mass is 9.93. The summed E-state index contributed by atoms with van der Waals surface area (Å²) in [5.74, 6) is 1.80. The average molecular weight is 511 g/mol. The molecule has 4 heterocycles. The van der Waals surface area contributed by atoms with Crippen LogP contribution in [-0.2, 0) is 28.9 Å². The topological polar surface area (TPSA) is 50.6 Å². The van der Waals surface area contributed by atoms with Gasteiger partial charge in [-0.25, -0.2) is 0 Å². The molecule has 1 aromatic heterocycles. The maximum Gasteiger partial charge on any atom is 0.219 e. The number of carbonyl (C=O) groups is 1. The molecule has 6 nitrogen and oxygen atoms in total. The van der Waals surface area contributed by atoms with Gasteiger partial charge in [-0.05, 0) is 55.6 Å². The van der Waals surface area contributed by atoms with Crippen LogP contribution in [0.1, 0.15) is 63.9 Å². The van der Waals surface area contributed by atoms with Gasteiger partial charge in [-0.1, -0.05) is 44.3 Å². The number of ether oxygens (including phenoxy) is 1. The number of nitrogens with zero attached hydrogens (tertiary/aromatic N) is 4. The molecule has 1 saturated heterocycles. The Morgan fingerprint density at radius 2 is 2.00 bits per heavy atom. The van der Waals surface area contributed by atoms with E-state index in [0.29, 0.717) is 18.5 Å². The predicted octanol–water partition coefficient (Wildman–Crippen LogP) is 5.14. The Labute approximate surface area is 217 Å². The van der Waals surface area contributed by atoms with Gasteiger partial charge in [0.25, 0.3) is 0 Å². The number of fused-ring (bicyclic) bond motifs is 2. The van der Waals surface area contributed by atoms with Gasteiger partial charge in [0.1, 0.15) is 0 Å². The van der Waals surface area contributed by atoms with E-state index in [1.165, 1.54) is 28.7 Å². The second kappa shape index (κ2) is 10.0. The summed E-state index contributed by atoms with van der Waals surface area (Å²) in [6.45, 7) is 17.5. The minimum atomic E-state index is -0.579. The van der Waals surface area contributed by atoms with Crippen LogP contribution in [0.15, 0.2) is 24.3 Å². The largest absolute Gasteiger partial charge is 0.379 e. The van der Waals surface area contributed by atoms with Crippen molar-refractivity contribution in [3.63, 3.8) is 0 Å². The first-order valence-corrected chi connectivity index (χ1v) is 15.8. The molecule has 0 bridgehead atoms. The fourth-order valence-corrected chi connectivity index (χ4v) is 8.90. The molecule has 0 aliphatic carbocycles. The maximum absolute atomic E-state index is 12.3. The van der Waals surface area contributed by atoms with Crippen LogP contribution in [0.4, 0.5) is 11.5 Å². The van der Waals surface area contributed by atoms with Gasteiger partial charge in [-0.2, -0.15) is 5.10 Å². The highest BCUT2D eigenvalue weighted by Gasteiger charge is 2.35. The molecule has 3 aliphatic heterocycles. The van der Waals surface area contributed by atoms with Crippen molar-refractivity contribution in [2.24, 2.45) is 11.3 Å². The molecule has 36 heavy (non-hydrogen) atoms. The Hall–Kier alpha value is -2.04. The number of amides is 1. The lowest BCUT2D eigenvalue weighted by Gasteiger charge is -2.37. The first-order valence-electron chi connectivity index (χ1n) is 13.6. The molecule has 2 unspecified atom stereocenters. The molecule has 1 fully saturated rings. The van der Waals surface area contributed by atoms with Crippen LogP contribution < -0.4 is 4.90 Å². The molecule has 2 aromatic rings. The van der Waals surface area contributed by atoms with Crippen LogP contribution in [-0.4, -0.2) is 65.0 Å². The Morgan fingerprint density at radius 3 is 2.69 bits per heavy atom. The summed E-state index contributed by atoms with van der Waals surface area (Å²) < 4.78 is 8.00. The fourth-order valence-electron chi connectivity index (χ4n) is 6.17. The van der Waals surface area contributed by atoms with Gasteiger partial charge >= 0.3 is 0 Å². The molecule has 3 atom stereocenters. The number of anilines is 2. The minimum Gasteiger partial charge on any atom is -0.379 e. The van der Waals surface area contributed by atoms with Gasteiger partial charge < -0.3 is 14.5 Å². The van der Waals surface area contributed by atoms with Crippen LogP contribution in [0.3, 0.4) is 0 Å². The van der Waals surface area contributed by atoms with Gasteiger partial charge in [0.2, 0.25) is 5.91 Å². The van der Waals surface area contributed by atoms with Crippen molar-refractivity contribution in [2.45, 2.75) is 66.5 Å². The number of carbonyl (C=O) groups excluding carboxylic acids is 1. The van der Waals surface area contributed by atoms with Crippen LogP contribution in [0.5, 0.6) is 0 Å². The number of hydrogen-bond donors (Lipinski definition) is 0. The smallest absolute Gasteiger partial charge is 0.219 e. The van der Waals surface area contributed by atoms with Crippen LogP contribution >= 0.6 is 7.55 Å². The van der Waals surface area contributed by atoms with Gasteiger partial charge in [-0.3, -0.25) is 9.48 Å². The first-order chi connectivity index (χ1) is 17.1. The van der Waals surface area contributed by atoms with E-state index in [1.54, 1.807) is 12.2 Å². The average Bonchev–Trinajstić information content (AvgIpc) is 3.50. The summed E-state index contributed by atoms with van der Waals surface area (Å²) in [5, 5.41) is 6.98. The van der Waals surface area contributed by atoms with E-state index in [9.17, 15) is 4.79 Å². The van der Waals surface area contributed by atoms with E-state index in [0.717, 1.165) is 51.4 Å². The molecule has 5 rings (SSSR count). The van der Waals surface area contributed by atoms with E-state index >= 15 is 0 Å². The number of para-hydroxylation sites is 1. The fraction of sp³-hybridized carbons (Fsp3) is 0.621. The third-order valence-electron chi connectivity index (χ3n) is 8.61. The van der Waals surface area contributed by atoms with Crippen LogP contribution in [0.2, 0.25) is 0 Å². The molecule has 1 amide bonds. The summed E-state index contributed by atoms with van der Waals surface area (Å²) >= 11 is 0. The van der Waals surface area contributed by atoms with Gasteiger partial charge in [0.15, 0.2) is 5.82 Å². The third-order valence-corrected chi connectivity index (χ3v) is 11.8. The summed E-state index contributed by atoms with van der Waals surface area (Å²) in [6, 6.07) is 9.17. The van der Waals surface area contributed by atoms with Crippen molar-refractivity contribution >= 4 is 30.3 Å².